The van der Waals surface area contributed by atoms with Gasteiger partial charge in [-0.25, -0.2) is 4.39 Å². The summed E-state index contributed by atoms with van der Waals surface area (Å²) in [7, 11) is 0. The lowest BCUT2D eigenvalue weighted by atomic mass is 9.67. The van der Waals surface area contributed by atoms with E-state index in [1.165, 1.54) is 33.4 Å². The first-order valence-electron chi connectivity index (χ1n) is 12.6. The summed E-state index contributed by atoms with van der Waals surface area (Å²) in [5.41, 5.74) is 9.81. The molecule has 0 aromatic heterocycles. The van der Waals surface area contributed by atoms with Gasteiger partial charge in [-0.05, 0) is 73.7 Å². The molecule has 0 amide bonds. The maximum Gasteiger partial charge on any atom is 0.124 e. The van der Waals surface area contributed by atoms with Gasteiger partial charge in [-0.3, -0.25) is 0 Å². The summed E-state index contributed by atoms with van der Waals surface area (Å²) in [6.07, 6.45) is 0. The van der Waals surface area contributed by atoms with Gasteiger partial charge in [0.1, 0.15) is 5.82 Å². The van der Waals surface area contributed by atoms with Crippen molar-refractivity contribution in [2.45, 2.75) is 31.6 Å². The van der Waals surface area contributed by atoms with Gasteiger partial charge < -0.3 is 0 Å². The average molecular weight is 469 g/mol. The summed E-state index contributed by atoms with van der Waals surface area (Å²) < 4.78 is 14.8. The van der Waals surface area contributed by atoms with Crippen molar-refractivity contribution in [3.05, 3.63) is 155 Å². The number of benzene rings is 5. The van der Waals surface area contributed by atoms with E-state index in [0.717, 1.165) is 16.7 Å². The summed E-state index contributed by atoms with van der Waals surface area (Å²) in [6.45, 7) is 6.38. The third-order valence-electron chi connectivity index (χ3n) is 7.56. The molecule has 0 N–H and O–H groups in total. The lowest BCUT2D eigenvalue weighted by Gasteiger charge is -2.34. The summed E-state index contributed by atoms with van der Waals surface area (Å²) in [5.74, 6) is -0.196. The van der Waals surface area contributed by atoms with E-state index in [9.17, 15) is 4.39 Å². The van der Waals surface area contributed by atoms with Gasteiger partial charge in [-0.1, -0.05) is 124 Å². The molecule has 5 aromatic carbocycles. The summed E-state index contributed by atoms with van der Waals surface area (Å²) in [4.78, 5) is 0. The molecule has 0 heterocycles. The molecule has 0 nitrogen and oxygen atoms in total. The second-order valence-corrected chi connectivity index (χ2v) is 10.8. The van der Waals surface area contributed by atoms with Gasteiger partial charge in [-0.15, -0.1) is 0 Å². The Morgan fingerprint density at radius 3 is 1.75 bits per heavy atom. The van der Waals surface area contributed by atoms with Crippen molar-refractivity contribution in [3.63, 3.8) is 0 Å². The van der Waals surface area contributed by atoms with E-state index >= 15 is 0 Å². The standard InChI is InChI=1S/C35H29F/c1-34(2,3)28-20-25(21-29(36)23-28)24-18-19-31-30-16-10-11-17-32(30)35(33(31)22-24,26-12-6-4-7-13-26)27-14-8-5-9-15-27/h4-23H,1-3H3. The van der Waals surface area contributed by atoms with Gasteiger partial charge in [0, 0.05) is 0 Å². The third kappa shape index (κ3) is 3.42. The Morgan fingerprint density at radius 2 is 1.11 bits per heavy atom. The molecule has 1 aliphatic carbocycles. The largest absolute Gasteiger partial charge is 0.207 e. The molecule has 0 aliphatic heterocycles. The molecule has 0 atom stereocenters. The van der Waals surface area contributed by atoms with Crippen molar-refractivity contribution in [3.8, 4) is 22.3 Å². The van der Waals surface area contributed by atoms with Gasteiger partial charge in [0.2, 0.25) is 0 Å². The quantitative estimate of drug-likeness (QED) is 0.243. The first-order valence-corrected chi connectivity index (χ1v) is 12.6. The minimum absolute atomic E-state index is 0.137. The predicted molar refractivity (Wildman–Crippen MR) is 148 cm³/mol. The molecule has 0 saturated heterocycles. The fourth-order valence-corrected chi connectivity index (χ4v) is 5.81. The molecule has 0 saturated carbocycles. The third-order valence-corrected chi connectivity index (χ3v) is 7.56. The van der Waals surface area contributed by atoms with Crippen molar-refractivity contribution in [2.75, 3.05) is 0 Å². The molecule has 1 aliphatic rings. The Labute approximate surface area is 213 Å². The number of fused-ring (bicyclic) bond motifs is 3. The van der Waals surface area contributed by atoms with E-state index in [-0.39, 0.29) is 11.2 Å². The maximum atomic E-state index is 14.8. The van der Waals surface area contributed by atoms with E-state index in [2.05, 4.69) is 130 Å². The minimum Gasteiger partial charge on any atom is -0.207 e. The van der Waals surface area contributed by atoms with Crippen molar-refractivity contribution >= 4 is 0 Å². The lowest BCUT2D eigenvalue weighted by Crippen LogP contribution is -2.28. The van der Waals surface area contributed by atoms with Crippen molar-refractivity contribution in [1.29, 1.82) is 0 Å². The topological polar surface area (TPSA) is 0 Å². The van der Waals surface area contributed by atoms with Crippen LogP contribution >= 0.6 is 0 Å². The van der Waals surface area contributed by atoms with Crippen LogP contribution in [0, 0.1) is 5.82 Å². The second kappa shape index (κ2) is 8.31. The first kappa shape index (κ1) is 22.5. The fourth-order valence-electron chi connectivity index (χ4n) is 5.81. The zero-order chi connectivity index (χ0) is 24.9. The van der Waals surface area contributed by atoms with Crippen LogP contribution in [0.3, 0.4) is 0 Å². The zero-order valence-corrected chi connectivity index (χ0v) is 20.9. The zero-order valence-electron chi connectivity index (χ0n) is 20.9. The molecule has 0 spiro atoms. The van der Waals surface area contributed by atoms with E-state index in [4.69, 9.17) is 0 Å². The highest BCUT2D eigenvalue weighted by molar-refractivity contribution is 5.88. The Balaban J connectivity index is 1.68. The molecule has 176 valence electrons. The van der Waals surface area contributed by atoms with Gasteiger partial charge in [0.05, 0.1) is 5.41 Å². The Hall–Kier alpha value is -3.97. The molecular weight excluding hydrogens is 439 g/mol. The van der Waals surface area contributed by atoms with Crippen LogP contribution in [0.15, 0.2) is 121 Å². The Morgan fingerprint density at radius 1 is 0.528 bits per heavy atom. The van der Waals surface area contributed by atoms with Crippen LogP contribution in [0.25, 0.3) is 22.3 Å². The molecule has 6 rings (SSSR count). The number of rotatable bonds is 3. The monoisotopic (exact) mass is 468 g/mol. The van der Waals surface area contributed by atoms with Gasteiger partial charge in [-0.2, -0.15) is 0 Å². The van der Waals surface area contributed by atoms with Gasteiger partial charge in [0.15, 0.2) is 0 Å². The van der Waals surface area contributed by atoms with Crippen LogP contribution in [-0.4, -0.2) is 0 Å². The summed E-state index contributed by atoms with van der Waals surface area (Å²) in [6, 6.07) is 42.4. The van der Waals surface area contributed by atoms with E-state index in [0.29, 0.717) is 0 Å². The molecular formula is C35H29F. The highest BCUT2D eigenvalue weighted by Gasteiger charge is 2.46. The van der Waals surface area contributed by atoms with E-state index < -0.39 is 5.41 Å². The van der Waals surface area contributed by atoms with Crippen LogP contribution in [0.1, 0.15) is 48.6 Å². The Bertz CT molecular complexity index is 1520. The lowest BCUT2D eigenvalue weighted by molar-refractivity contribution is 0.573. The smallest absolute Gasteiger partial charge is 0.124 e. The molecule has 36 heavy (non-hydrogen) atoms. The number of halogens is 1. The van der Waals surface area contributed by atoms with Crippen molar-refractivity contribution < 1.29 is 4.39 Å². The van der Waals surface area contributed by atoms with E-state index in [1.807, 2.05) is 0 Å². The van der Waals surface area contributed by atoms with E-state index in [1.54, 1.807) is 12.1 Å². The predicted octanol–water partition coefficient (Wildman–Crippen LogP) is 9.15. The molecule has 5 aromatic rings. The SMILES string of the molecule is CC(C)(C)c1cc(F)cc(-c2ccc3c(c2)C(c2ccccc2)(c2ccccc2)c2ccccc2-3)c1. The van der Waals surface area contributed by atoms with Gasteiger partial charge >= 0.3 is 0 Å². The van der Waals surface area contributed by atoms with Crippen LogP contribution in [0.4, 0.5) is 4.39 Å². The summed E-state index contributed by atoms with van der Waals surface area (Å²) in [5, 5.41) is 0. The molecule has 0 radical (unpaired) electrons. The highest BCUT2D eigenvalue weighted by atomic mass is 19.1. The second-order valence-electron chi connectivity index (χ2n) is 10.8. The van der Waals surface area contributed by atoms with Crippen molar-refractivity contribution in [1.82, 2.24) is 0 Å². The normalized spacial score (nSPS) is 13.8. The van der Waals surface area contributed by atoms with Crippen molar-refractivity contribution in [2.24, 2.45) is 0 Å². The number of hydrogen-bond donors (Lipinski definition) is 0. The first-order chi connectivity index (χ1) is 17.4. The minimum atomic E-state index is -0.454. The fraction of sp³-hybridized carbons (Fsp3) is 0.143. The highest BCUT2D eigenvalue weighted by Crippen LogP contribution is 2.56. The average Bonchev–Trinajstić information content (AvgIpc) is 3.19. The van der Waals surface area contributed by atoms with Gasteiger partial charge in [0.25, 0.3) is 0 Å². The van der Waals surface area contributed by atoms with Crippen LogP contribution in [0.2, 0.25) is 0 Å². The molecule has 1 heteroatoms. The molecule has 0 unspecified atom stereocenters. The van der Waals surface area contributed by atoms with Crippen LogP contribution < -0.4 is 0 Å². The number of hydrogen-bond acceptors (Lipinski definition) is 0. The Kier molecular flexibility index (Phi) is 5.19. The molecule has 0 bridgehead atoms. The van der Waals surface area contributed by atoms with Crippen LogP contribution in [-0.2, 0) is 10.8 Å². The summed E-state index contributed by atoms with van der Waals surface area (Å²) >= 11 is 0. The van der Waals surface area contributed by atoms with Crippen LogP contribution in [0.5, 0.6) is 0 Å². The molecule has 0 fully saturated rings. The maximum absolute atomic E-state index is 14.8.